The van der Waals surface area contributed by atoms with Crippen LogP contribution < -0.4 is 5.32 Å². The van der Waals surface area contributed by atoms with Gasteiger partial charge in [-0.2, -0.15) is 0 Å². The molecule has 2 aliphatic heterocycles. The van der Waals surface area contributed by atoms with E-state index in [0.29, 0.717) is 18.0 Å². The normalized spacial score (nSPS) is 36.6. The van der Waals surface area contributed by atoms with Gasteiger partial charge in [0.2, 0.25) is 5.91 Å². The molecule has 17 heavy (non-hydrogen) atoms. The molecule has 3 nitrogen and oxygen atoms in total. The maximum Gasteiger partial charge on any atom is 0.224 e. The van der Waals surface area contributed by atoms with Gasteiger partial charge in [-0.3, -0.25) is 4.79 Å². The molecule has 1 N–H and O–H groups in total. The Bertz CT molecular complexity index is 326. The number of hydrogen-bond acceptors (Lipinski definition) is 2. The van der Waals surface area contributed by atoms with E-state index >= 15 is 0 Å². The average Bonchev–Trinajstić information content (AvgIpc) is 2.93. The van der Waals surface area contributed by atoms with Crippen molar-refractivity contribution in [3.05, 3.63) is 12.2 Å². The standard InChI is InChI=1S/C14H22N2O/c17-14-9-12(13-7-4-8-16(13)14)15-10-11-5-2-1-3-6-11/h1-2,11-13,15H,3-10H2. The van der Waals surface area contributed by atoms with Crippen molar-refractivity contribution in [2.24, 2.45) is 5.92 Å². The number of rotatable bonds is 3. The highest BCUT2D eigenvalue weighted by Crippen LogP contribution is 2.29. The van der Waals surface area contributed by atoms with Crippen molar-refractivity contribution in [1.29, 1.82) is 0 Å². The van der Waals surface area contributed by atoms with Gasteiger partial charge in [0.05, 0.1) is 0 Å². The molecule has 3 rings (SSSR count). The first kappa shape index (κ1) is 11.3. The highest BCUT2D eigenvalue weighted by Gasteiger charge is 2.41. The van der Waals surface area contributed by atoms with Crippen molar-refractivity contribution in [3.8, 4) is 0 Å². The van der Waals surface area contributed by atoms with Gasteiger partial charge in [0.1, 0.15) is 0 Å². The Balaban J connectivity index is 1.52. The van der Waals surface area contributed by atoms with Gasteiger partial charge in [-0.05, 0) is 44.6 Å². The Labute approximate surface area is 103 Å². The van der Waals surface area contributed by atoms with Crippen LogP contribution in [0.15, 0.2) is 12.2 Å². The number of amides is 1. The van der Waals surface area contributed by atoms with Crippen molar-refractivity contribution in [2.45, 2.75) is 50.6 Å². The van der Waals surface area contributed by atoms with E-state index in [2.05, 4.69) is 22.4 Å². The fourth-order valence-electron chi connectivity index (χ4n) is 3.53. The highest BCUT2D eigenvalue weighted by atomic mass is 16.2. The quantitative estimate of drug-likeness (QED) is 0.754. The van der Waals surface area contributed by atoms with Crippen LogP contribution in [0.25, 0.3) is 0 Å². The van der Waals surface area contributed by atoms with Gasteiger partial charge in [0.25, 0.3) is 0 Å². The molecule has 0 aromatic heterocycles. The van der Waals surface area contributed by atoms with E-state index in [1.165, 1.54) is 32.1 Å². The van der Waals surface area contributed by atoms with E-state index in [0.717, 1.165) is 25.4 Å². The number of fused-ring (bicyclic) bond motifs is 1. The van der Waals surface area contributed by atoms with E-state index in [9.17, 15) is 4.79 Å². The lowest BCUT2D eigenvalue weighted by Crippen LogP contribution is -2.41. The molecular formula is C14H22N2O. The summed E-state index contributed by atoms with van der Waals surface area (Å²) in [5.41, 5.74) is 0. The molecule has 0 spiro atoms. The summed E-state index contributed by atoms with van der Waals surface area (Å²) in [4.78, 5) is 13.9. The van der Waals surface area contributed by atoms with Crippen molar-refractivity contribution >= 4 is 5.91 Å². The van der Waals surface area contributed by atoms with E-state index in [1.54, 1.807) is 0 Å². The van der Waals surface area contributed by atoms with Gasteiger partial charge in [0.15, 0.2) is 0 Å². The number of carbonyl (C=O) groups is 1. The first-order valence-corrected chi connectivity index (χ1v) is 7.02. The second-order valence-corrected chi connectivity index (χ2v) is 5.67. The maximum atomic E-state index is 11.8. The lowest BCUT2D eigenvalue weighted by atomic mass is 9.94. The van der Waals surface area contributed by atoms with Crippen LogP contribution in [0.3, 0.4) is 0 Å². The lowest BCUT2D eigenvalue weighted by Gasteiger charge is -2.24. The van der Waals surface area contributed by atoms with Crippen molar-refractivity contribution in [1.82, 2.24) is 10.2 Å². The fraction of sp³-hybridized carbons (Fsp3) is 0.786. The lowest BCUT2D eigenvalue weighted by molar-refractivity contribution is -0.127. The van der Waals surface area contributed by atoms with Crippen molar-refractivity contribution in [3.63, 3.8) is 0 Å². The molecule has 94 valence electrons. The molecule has 3 unspecified atom stereocenters. The van der Waals surface area contributed by atoms with Crippen LogP contribution in [0, 0.1) is 5.92 Å². The van der Waals surface area contributed by atoms with Crippen LogP contribution in [-0.2, 0) is 4.79 Å². The Morgan fingerprint density at radius 2 is 2.29 bits per heavy atom. The van der Waals surface area contributed by atoms with Crippen LogP contribution in [0.1, 0.15) is 38.5 Å². The Kier molecular flexibility index (Phi) is 3.19. The van der Waals surface area contributed by atoms with E-state index in [-0.39, 0.29) is 0 Å². The first-order chi connectivity index (χ1) is 8.34. The van der Waals surface area contributed by atoms with E-state index < -0.39 is 0 Å². The van der Waals surface area contributed by atoms with Gasteiger partial charge in [-0.25, -0.2) is 0 Å². The van der Waals surface area contributed by atoms with Gasteiger partial charge in [-0.1, -0.05) is 12.2 Å². The number of carbonyl (C=O) groups excluding carboxylic acids is 1. The van der Waals surface area contributed by atoms with Gasteiger partial charge >= 0.3 is 0 Å². The third-order valence-electron chi connectivity index (χ3n) is 4.52. The smallest absolute Gasteiger partial charge is 0.224 e. The van der Waals surface area contributed by atoms with E-state index in [4.69, 9.17) is 0 Å². The van der Waals surface area contributed by atoms with Gasteiger partial charge in [0, 0.05) is 25.0 Å². The Morgan fingerprint density at radius 1 is 1.35 bits per heavy atom. The first-order valence-electron chi connectivity index (χ1n) is 7.02. The topological polar surface area (TPSA) is 32.3 Å². The van der Waals surface area contributed by atoms with Gasteiger partial charge in [-0.15, -0.1) is 0 Å². The minimum absolute atomic E-state index is 0.369. The van der Waals surface area contributed by atoms with Crippen molar-refractivity contribution < 1.29 is 4.79 Å². The largest absolute Gasteiger partial charge is 0.338 e. The summed E-state index contributed by atoms with van der Waals surface area (Å²) in [6.07, 6.45) is 11.5. The molecule has 0 aromatic rings. The maximum absolute atomic E-state index is 11.8. The Morgan fingerprint density at radius 3 is 3.12 bits per heavy atom. The SMILES string of the molecule is O=C1CC(NCC2CC=CCC2)C2CCCN12. The fourth-order valence-corrected chi connectivity index (χ4v) is 3.53. The molecule has 3 atom stereocenters. The van der Waals surface area contributed by atoms with Gasteiger partial charge < -0.3 is 10.2 Å². The number of allylic oxidation sites excluding steroid dienone is 2. The molecule has 2 heterocycles. The van der Waals surface area contributed by atoms with Crippen LogP contribution >= 0.6 is 0 Å². The zero-order valence-electron chi connectivity index (χ0n) is 10.4. The summed E-state index contributed by atoms with van der Waals surface area (Å²) in [6, 6.07) is 0.928. The van der Waals surface area contributed by atoms with Crippen LogP contribution in [0.4, 0.5) is 0 Å². The van der Waals surface area contributed by atoms with Crippen molar-refractivity contribution in [2.75, 3.05) is 13.1 Å². The minimum atomic E-state index is 0.369. The number of nitrogens with one attached hydrogen (secondary N) is 1. The third kappa shape index (κ3) is 2.25. The molecule has 1 amide bonds. The number of nitrogens with zero attached hydrogens (tertiary/aromatic N) is 1. The van der Waals surface area contributed by atoms with Crippen LogP contribution in [0.5, 0.6) is 0 Å². The summed E-state index contributed by atoms with van der Waals surface area (Å²) in [6.45, 7) is 2.08. The molecule has 2 fully saturated rings. The molecule has 0 radical (unpaired) electrons. The third-order valence-corrected chi connectivity index (χ3v) is 4.52. The monoisotopic (exact) mass is 234 g/mol. The molecule has 2 saturated heterocycles. The predicted molar refractivity (Wildman–Crippen MR) is 67.6 cm³/mol. The summed E-state index contributed by atoms with van der Waals surface area (Å²) in [7, 11) is 0. The zero-order chi connectivity index (χ0) is 11.7. The average molecular weight is 234 g/mol. The summed E-state index contributed by atoms with van der Waals surface area (Å²) in [5, 5.41) is 3.66. The second-order valence-electron chi connectivity index (χ2n) is 5.67. The summed E-state index contributed by atoms with van der Waals surface area (Å²) >= 11 is 0. The number of hydrogen-bond donors (Lipinski definition) is 1. The predicted octanol–water partition coefficient (Wildman–Crippen LogP) is 1.70. The molecule has 0 saturated carbocycles. The zero-order valence-corrected chi connectivity index (χ0v) is 10.4. The molecule has 1 aliphatic carbocycles. The van der Waals surface area contributed by atoms with E-state index in [1.807, 2.05) is 0 Å². The molecule has 0 aromatic carbocycles. The summed E-state index contributed by atoms with van der Waals surface area (Å²) in [5.74, 6) is 1.15. The Hall–Kier alpha value is -0.830. The molecule has 3 aliphatic rings. The van der Waals surface area contributed by atoms with Crippen LogP contribution in [0.2, 0.25) is 0 Å². The second kappa shape index (κ2) is 4.81. The summed E-state index contributed by atoms with van der Waals surface area (Å²) < 4.78 is 0. The molecule has 0 bridgehead atoms. The van der Waals surface area contributed by atoms with Crippen LogP contribution in [-0.4, -0.2) is 36.0 Å². The highest BCUT2D eigenvalue weighted by molar-refractivity contribution is 5.80. The molecular weight excluding hydrogens is 212 g/mol. The molecule has 3 heteroatoms. The minimum Gasteiger partial charge on any atom is -0.338 e.